The summed E-state index contributed by atoms with van der Waals surface area (Å²) in [6.07, 6.45) is 0.986. The van der Waals surface area contributed by atoms with Crippen molar-refractivity contribution < 1.29 is 14.6 Å². The summed E-state index contributed by atoms with van der Waals surface area (Å²) < 4.78 is 12.7. The van der Waals surface area contributed by atoms with Gasteiger partial charge in [0.2, 0.25) is 0 Å². The van der Waals surface area contributed by atoms with Gasteiger partial charge in [0.15, 0.2) is 0 Å². The summed E-state index contributed by atoms with van der Waals surface area (Å²) in [4.78, 5) is 0. The standard InChI is InChI=1S/C13H20FNO2/c1-10(3-2-8-16)15-9-13(17)11-4-6-12(14)7-5-11/h4-7,10,13,15-17H,2-3,8-9H2,1H3. The smallest absolute Gasteiger partial charge is 0.123 e. The van der Waals surface area contributed by atoms with Gasteiger partial charge < -0.3 is 15.5 Å². The SMILES string of the molecule is CC(CCCO)NCC(O)c1ccc(F)cc1. The van der Waals surface area contributed by atoms with E-state index in [1.54, 1.807) is 12.1 Å². The molecule has 0 radical (unpaired) electrons. The zero-order chi connectivity index (χ0) is 12.7. The van der Waals surface area contributed by atoms with Gasteiger partial charge in [-0.3, -0.25) is 0 Å². The molecule has 3 nitrogen and oxygen atoms in total. The molecule has 3 N–H and O–H groups in total. The Hall–Kier alpha value is -0.970. The second-order valence-corrected chi connectivity index (χ2v) is 4.24. The monoisotopic (exact) mass is 241 g/mol. The number of aliphatic hydroxyl groups excluding tert-OH is 2. The summed E-state index contributed by atoms with van der Waals surface area (Å²) in [5.74, 6) is -0.301. The van der Waals surface area contributed by atoms with Crippen LogP contribution in [-0.2, 0) is 0 Å². The maximum absolute atomic E-state index is 12.7. The third-order valence-electron chi connectivity index (χ3n) is 2.71. The molecule has 1 rings (SSSR count). The summed E-state index contributed by atoms with van der Waals surface area (Å²) in [6, 6.07) is 6.10. The molecule has 2 unspecified atom stereocenters. The molecule has 0 heterocycles. The Morgan fingerprint density at radius 2 is 1.94 bits per heavy atom. The van der Waals surface area contributed by atoms with Crippen LogP contribution in [-0.4, -0.2) is 29.4 Å². The van der Waals surface area contributed by atoms with Crippen LogP contribution in [0.1, 0.15) is 31.4 Å². The quantitative estimate of drug-likeness (QED) is 0.680. The molecule has 0 aliphatic heterocycles. The second-order valence-electron chi connectivity index (χ2n) is 4.24. The van der Waals surface area contributed by atoms with E-state index in [1.165, 1.54) is 12.1 Å². The fourth-order valence-electron chi connectivity index (χ4n) is 1.62. The molecule has 1 aromatic carbocycles. The van der Waals surface area contributed by atoms with E-state index < -0.39 is 6.10 Å². The minimum Gasteiger partial charge on any atom is -0.396 e. The van der Waals surface area contributed by atoms with Crippen molar-refractivity contribution in [1.29, 1.82) is 0 Å². The van der Waals surface area contributed by atoms with Crippen LogP contribution >= 0.6 is 0 Å². The fraction of sp³-hybridized carbons (Fsp3) is 0.538. The third-order valence-corrected chi connectivity index (χ3v) is 2.71. The van der Waals surface area contributed by atoms with E-state index >= 15 is 0 Å². The molecular weight excluding hydrogens is 221 g/mol. The van der Waals surface area contributed by atoms with Gasteiger partial charge in [0.1, 0.15) is 5.82 Å². The zero-order valence-electron chi connectivity index (χ0n) is 10.1. The van der Waals surface area contributed by atoms with Crippen molar-refractivity contribution in [3.05, 3.63) is 35.6 Å². The average Bonchev–Trinajstić information content (AvgIpc) is 2.34. The van der Waals surface area contributed by atoms with Gasteiger partial charge in [-0.15, -0.1) is 0 Å². The first-order chi connectivity index (χ1) is 8.13. The molecule has 17 heavy (non-hydrogen) atoms. The Labute approximate surface area is 101 Å². The van der Waals surface area contributed by atoms with Gasteiger partial charge in [0, 0.05) is 19.2 Å². The first-order valence-corrected chi connectivity index (χ1v) is 5.91. The van der Waals surface area contributed by atoms with E-state index in [1.807, 2.05) is 6.92 Å². The van der Waals surface area contributed by atoms with Gasteiger partial charge in [-0.25, -0.2) is 4.39 Å². The number of hydrogen-bond acceptors (Lipinski definition) is 3. The minimum atomic E-state index is -0.632. The highest BCUT2D eigenvalue weighted by Crippen LogP contribution is 2.12. The van der Waals surface area contributed by atoms with Gasteiger partial charge in [0.05, 0.1) is 6.10 Å². The first-order valence-electron chi connectivity index (χ1n) is 5.91. The van der Waals surface area contributed by atoms with E-state index in [9.17, 15) is 9.50 Å². The van der Waals surface area contributed by atoms with Gasteiger partial charge >= 0.3 is 0 Å². The van der Waals surface area contributed by atoms with Crippen molar-refractivity contribution in [2.75, 3.05) is 13.2 Å². The highest BCUT2D eigenvalue weighted by molar-refractivity contribution is 5.18. The van der Waals surface area contributed by atoms with Crippen molar-refractivity contribution in [3.63, 3.8) is 0 Å². The van der Waals surface area contributed by atoms with Crippen molar-refractivity contribution >= 4 is 0 Å². The number of aliphatic hydroxyl groups is 2. The highest BCUT2D eigenvalue weighted by Gasteiger charge is 2.09. The van der Waals surface area contributed by atoms with Crippen molar-refractivity contribution in [2.24, 2.45) is 0 Å². The minimum absolute atomic E-state index is 0.187. The van der Waals surface area contributed by atoms with Crippen LogP contribution in [0.25, 0.3) is 0 Å². The maximum Gasteiger partial charge on any atom is 0.123 e. The number of halogens is 1. The number of rotatable bonds is 7. The lowest BCUT2D eigenvalue weighted by Crippen LogP contribution is -2.30. The summed E-state index contributed by atoms with van der Waals surface area (Å²) >= 11 is 0. The first kappa shape index (κ1) is 14.1. The number of nitrogens with one attached hydrogen (secondary N) is 1. The lowest BCUT2D eigenvalue weighted by molar-refractivity contribution is 0.169. The number of benzene rings is 1. The van der Waals surface area contributed by atoms with Crippen molar-refractivity contribution in [3.8, 4) is 0 Å². The third kappa shape index (κ3) is 5.26. The molecule has 0 aliphatic carbocycles. The highest BCUT2D eigenvalue weighted by atomic mass is 19.1. The molecule has 0 bridgehead atoms. The fourth-order valence-corrected chi connectivity index (χ4v) is 1.62. The average molecular weight is 241 g/mol. The Morgan fingerprint density at radius 1 is 1.29 bits per heavy atom. The van der Waals surface area contributed by atoms with E-state index in [2.05, 4.69) is 5.32 Å². The summed E-state index contributed by atoms with van der Waals surface area (Å²) in [6.45, 7) is 2.62. The molecule has 96 valence electrons. The molecule has 0 aromatic heterocycles. The maximum atomic E-state index is 12.7. The zero-order valence-corrected chi connectivity index (χ0v) is 10.1. The van der Waals surface area contributed by atoms with Crippen molar-refractivity contribution in [2.45, 2.75) is 31.9 Å². The predicted molar refractivity (Wildman–Crippen MR) is 65.1 cm³/mol. The van der Waals surface area contributed by atoms with Crippen LogP contribution in [0, 0.1) is 5.82 Å². The Bertz CT molecular complexity index is 316. The topological polar surface area (TPSA) is 52.5 Å². The molecule has 0 amide bonds. The van der Waals surface area contributed by atoms with Crippen LogP contribution < -0.4 is 5.32 Å². The van der Waals surface area contributed by atoms with Crippen LogP contribution in [0.4, 0.5) is 4.39 Å². The molecule has 0 spiro atoms. The normalized spacial score (nSPS) is 14.6. The number of hydrogen-bond donors (Lipinski definition) is 3. The van der Waals surface area contributed by atoms with E-state index in [0.717, 1.165) is 12.8 Å². The Morgan fingerprint density at radius 3 is 2.53 bits per heavy atom. The Kier molecular flexibility index (Phi) is 6.11. The molecule has 0 aliphatic rings. The van der Waals surface area contributed by atoms with Crippen LogP contribution in [0.15, 0.2) is 24.3 Å². The molecular formula is C13H20FNO2. The van der Waals surface area contributed by atoms with Gasteiger partial charge in [-0.05, 0) is 37.5 Å². The molecule has 4 heteroatoms. The van der Waals surface area contributed by atoms with E-state index in [-0.39, 0.29) is 18.5 Å². The summed E-state index contributed by atoms with van der Waals surface area (Å²) in [5.41, 5.74) is 0.702. The molecule has 0 fully saturated rings. The van der Waals surface area contributed by atoms with Crippen LogP contribution in [0.3, 0.4) is 0 Å². The Balaban J connectivity index is 2.34. The van der Waals surface area contributed by atoms with Crippen LogP contribution in [0.2, 0.25) is 0 Å². The predicted octanol–water partition coefficient (Wildman–Crippen LogP) is 1.61. The van der Waals surface area contributed by atoms with Gasteiger partial charge in [-0.1, -0.05) is 12.1 Å². The largest absolute Gasteiger partial charge is 0.396 e. The lowest BCUT2D eigenvalue weighted by atomic mass is 10.1. The van der Waals surface area contributed by atoms with Gasteiger partial charge in [-0.2, -0.15) is 0 Å². The molecule has 0 saturated heterocycles. The van der Waals surface area contributed by atoms with E-state index in [4.69, 9.17) is 5.11 Å². The van der Waals surface area contributed by atoms with E-state index in [0.29, 0.717) is 12.1 Å². The van der Waals surface area contributed by atoms with Gasteiger partial charge in [0.25, 0.3) is 0 Å². The molecule has 0 saturated carbocycles. The summed E-state index contributed by atoms with van der Waals surface area (Å²) in [7, 11) is 0. The lowest BCUT2D eigenvalue weighted by Gasteiger charge is -2.17. The summed E-state index contributed by atoms with van der Waals surface area (Å²) in [5, 5.41) is 21.7. The van der Waals surface area contributed by atoms with Crippen molar-refractivity contribution in [1.82, 2.24) is 5.32 Å². The van der Waals surface area contributed by atoms with Crippen LogP contribution in [0.5, 0.6) is 0 Å². The molecule has 2 atom stereocenters. The molecule has 1 aromatic rings. The second kappa shape index (κ2) is 7.37.